The zero-order valence-electron chi connectivity index (χ0n) is 69.0. The molecule has 0 heterocycles. The number of nitrogens with zero attached hydrogens (tertiary/aromatic N) is 2. The topological polar surface area (TPSA) is 458 Å². The van der Waals surface area contributed by atoms with Crippen LogP contribution >= 0.6 is 0 Å². The number of rotatable bonds is 27. The molecular weight excluding hydrogens is 1730 g/mol. The molecule has 0 atom stereocenters. The van der Waals surface area contributed by atoms with Gasteiger partial charge < -0.3 is 46.0 Å². The number of nitriles is 2. The summed E-state index contributed by atoms with van der Waals surface area (Å²) in [5.74, 6) is -13.1. The van der Waals surface area contributed by atoms with Crippen LogP contribution in [0.3, 0.4) is 0 Å². The predicted octanol–water partition coefficient (Wildman–Crippen LogP) is 18.1. The van der Waals surface area contributed by atoms with E-state index in [4.69, 9.17) is 47.6 Å². The van der Waals surface area contributed by atoms with Crippen molar-refractivity contribution in [1.29, 1.82) is 10.5 Å². The number of halogens is 7. The minimum absolute atomic E-state index is 0.0107. The highest BCUT2D eigenvalue weighted by atomic mass is 19.3. The van der Waals surface area contributed by atoms with Crippen molar-refractivity contribution < 1.29 is 138 Å². The molecule has 26 nitrogen and oxygen atoms in total. The summed E-state index contributed by atoms with van der Waals surface area (Å²) in [4.78, 5) is 174. The lowest BCUT2D eigenvalue weighted by molar-refractivity contribution is -0.0504. The van der Waals surface area contributed by atoms with Gasteiger partial charge in [-0.2, -0.15) is 19.3 Å². The number of carbonyl (C=O) groups is 15. The van der Waals surface area contributed by atoms with Crippen molar-refractivity contribution in [3.8, 4) is 30.2 Å². The fraction of sp³-hybridized carbons (Fsp3) is 0.0808. The maximum absolute atomic E-state index is 13.9. The number of carboxylic acids is 6. The van der Waals surface area contributed by atoms with Gasteiger partial charge in [-0.05, 0) is 177 Å². The quantitative estimate of drug-likeness (QED) is 0.0135. The first-order chi connectivity index (χ1) is 62.7. The van der Waals surface area contributed by atoms with Crippen LogP contribution < -0.4 is 15.4 Å². The van der Waals surface area contributed by atoms with Crippen molar-refractivity contribution in [1.82, 2.24) is 0 Å². The van der Waals surface area contributed by atoms with Crippen molar-refractivity contribution in [2.45, 2.75) is 53.1 Å². The number of alkyl halides is 2. The van der Waals surface area contributed by atoms with E-state index in [1.54, 1.807) is 30.3 Å². The summed E-state index contributed by atoms with van der Waals surface area (Å²) in [5.41, 5.74) is 0.436. The summed E-state index contributed by atoms with van der Waals surface area (Å²) in [5, 5.41) is 76.7. The van der Waals surface area contributed by atoms with Gasteiger partial charge in [0.15, 0.2) is 40.5 Å². The Morgan fingerprint density at radius 1 is 0.341 bits per heavy atom. The third kappa shape index (κ3) is 28.2. The van der Waals surface area contributed by atoms with Crippen LogP contribution in [0.5, 0.6) is 5.75 Å². The number of benzene rings is 12. The number of carboxylic acid groups (broad SMARTS) is 6. The van der Waals surface area contributed by atoms with Crippen LogP contribution in [0.4, 0.5) is 42.1 Å². The van der Waals surface area contributed by atoms with Gasteiger partial charge in [0, 0.05) is 70.3 Å². The normalized spacial score (nSPS) is 10.1. The Morgan fingerprint density at radius 3 is 1.12 bits per heavy atom. The van der Waals surface area contributed by atoms with Gasteiger partial charge in [-0.1, -0.05) is 121 Å². The number of Topliss-reactive ketones (excluding diaryl/α,β-unsaturated/α-hetero) is 7. The molecule has 12 aromatic rings. The number of ketones is 7. The highest BCUT2D eigenvalue weighted by molar-refractivity contribution is 6.13. The Hall–Kier alpha value is -18.1. The molecule has 0 saturated heterocycles. The highest BCUT2D eigenvalue weighted by Gasteiger charge is 2.26. The largest absolute Gasteiger partial charge is 0.478 e. The summed E-state index contributed by atoms with van der Waals surface area (Å²) in [6.07, 6.45) is 4.05. The summed E-state index contributed by atoms with van der Waals surface area (Å²) in [6.45, 7) is 0.791. The van der Waals surface area contributed by atoms with Crippen LogP contribution in [-0.2, 0) is 25.7 Å². The van der Waals surface area contributed by atoms with Crippen molar-refractivity contribution in [3.05, 3.63) is 406 Å². The average molecular weight is 1800 g/mol. The van der Waals surface area contributed by atoms with Crippen LogP contribution in [0.25, 0.3) is 0 Å². The molecular formula is C99H69F7N4O22. The molecule has 0 radical (unpaired) electrons. The van der Waals surface area contributed by atoms with E-state index in [1.807, 2.05) is 6.07 Å². The molecule has 33 heteroatoms. The zero-order chi connectivity index (χ0) is 97.3. The van der Waals surface area contributed by atoms with E-state index in [2.05, 4.69) is 21.3 Å². The van der Waals surface area contributed by atoms with Crippen molar-refractivity contribution in [3.63, 3.8) is 0 Å². The fourth-order valence-electron chi connectivity index (χ4n) is 12.1. The number of anilines is 2. The van der Waals surface area contributed by atoms with Crippen LogP contribution in [0.15, 0.2) is 255 Å². The third-order valence-electron chi connectivity index (χ3n) is 18.5. The highest BCUT2D eigenvalue weighted by Crippen LogP contribution is 2.28. The molecule has 132 heavy (non-hydrogen) atoms. The number of carbonyl (C=O) groups excluding carboxylic acids is 9. The molecule has 12 rings (SSSR count). The zero-order valence-corrected chi connectivity index (χ0v) is 69.0. The van der Waals surface area contributed by atoms with Gasteiger partial charge >= 0.3 is 42.4 Å². The Labute approximate surface area is 744 Å². The van der Waals surface area contributed by atoms with Gasteiger partial charge in [0.1, 0.15) is 40.9 Å². The van der Waals surface area contributed by atoms with E-state index in [1.165, 1.54) is 227 Å². The number of aromatic carboxylic acids is 6. The van der Waals surface area contributed by atoms with E-state index < -0.39 is 112 Å². The first-order valence-electron chi connectivity index (χ1n) is 38.2. The second-order valence-corrected chi connectivity index (χ2v) is 27.4. The molecule has 0 unspecified atom stereocenters. The second kappa shape index (κ2) is 47.9. The number of nitrogens with one attached hydrogen (secondary N) is 2. The Kier molecular flexibility index (Phi) is 36.6. The van der Waals surface area contributed by atoms with E-state index in [9.17, 15) is 103 Å². The fourth-order valence-corrected chi connectivity index (χ4v) is 12.1. The molecule has 0 aliphatic carbocycles. The maximum atomic E-state index is 13.9. The van der Waals surface area contributed by atoms with Crippen LogP contribution in [-0.4, -0.2) is 125 Å². The number of ether oxygens (including phenoxy) is 1. The monoisotopic (exact) mass is 1800 g/mol. The van der Waals surface area contributed by atoms with Crippen molar-refractivity contribution in [2.24, 2.45) is 0 Å². The maximum Gasteiger partial charge on any atom is 0.387 e. The molecule has 12 aromatic carbocycles. The van der Waals surface area contributed by atoms with E-state index >= 15 is 0 Å². The third-order valence-corrected chi connectivity index (χ3v) is 18.5. The van der Waals surface area contributed by atoms with Gasteiger partial charge in [0.25, 0.3) is 11.8 Å². The number of terminal acetylenes is 1. The summed E-state index contributed by atoms with van der Waals surface area (Å²) in [7, 11) is 0. The first-order valence-corrected chi connectivity index (χ1v) is 38.2. The summed E-state index contributed by atoms with van der Waals surface area (Å²) >= 11 is 0. The smallest absolute Gasteiger partial charge is 0.387 e. The average Bonchev–Trinajstić information content (AvgIpc) is 0.839. The molecule has 0 spiro atoms. The molecule has 0 bridgehead atoms. The number of amides is 2. The van der Waals surface area contributed by atoms with Gasteiger partial charge in [0.05, 0.1) is 78.5 Å². The Bertz CT molecular complexity index is 6630. The molecule has 666 valence electrons. The summed E-state index contributed by atoms with van der Waals surface area (Å²) in [6, 6.07) is 60.8. The predicted molar refractivity (Wildman–Crippen MR) is 461 cm³/mol. The van der Waals surface area contributed by atoms with Gasteiger partial charge in [-0.3, -0.25) is 43.2 Å². The molecule has 0 aliphatic rings. The van der Waals surface area contributed by atoms with Crippen molar-refractivity contribution >= 4 is 99.5 Å². The number of hydrogen-bond acceptors (Lipinski definition) is 18. The Morgan fingerprint density at radius 2 is 0.712 bits per heavy atom. The SMILES string of the molecule is C#Cc1cc(NC(=O)c2ccccc2C(=O)O)ccc1F.CC(=O)c1cc(CC(=O)c2ccccc2C(=O)O)ccc1F.CC(=O)c1ccc(F)c(CC(=O)c2ccccc2C(=O)O)c1.CC(=O)c1ccc(OC(F)F)c(CC(=O)c2ccccc2C(=O)O)c1.N#Cc1ccc(F)c(NC(=O)c2ccccc2C(=O)O)c1.N#Cc1cccc(CC(=O)c2ccccc2C(=O)O)c1F. The minimum atomic E-state index is -3.09. The lowest BCUT2D eigenvalue weighted by Crippen LogP contribution is -2.17. The standard InChI is InChI=1S/C18H14F2O5.2C17H13FO4.2C16H10FNO3.C15H9FN2O3/c1-10(21)11-6-7-16(25-18(19)20)12(8-11)9-15(22)13-4-2-3-5-14(13)17(23)24;1-10(19)11-6-7-15(18)12(8-11)9-16(20)13-4-2-3-5-14(13)17(21)22;1-10(19)14-8-11(6-7-15(14)18)9-16(20)12-4-2-3-5-13(12)17(21)22;1-2-10-9-11(7-8-14(10)17)18-15(19)12-5-3-4-6-13(12)16(20)21;17-15-10(4-3-5-11(15)9-18)8-14(19)12-6-1-2-7-13(12)16(20)21;16-12-6-5-9(8-17)7-13(12)18-14(19)10-3-1-2-4-11(10)15(20)21/h2-8,18H,9H2,1H3,(H,23,24);2*2-8H,9H2,1H3,(H,21,22);1,3-9H,(H,18,19)(H,20,21);1-7H,8H2,(H,20,21);1-7H,(H,18,19)(H,20,21). The lowest BCUT2D eigenvalue weighted by Gasteiger charge is -2.12. The molecule has 0 saturated carbocycles. The van der Waals surface area contributed by atoms with Crippen molar-refractivity contribution in [2.75, 3.05) is 10.6 Å². The molecule has 8 N–H and O–H groups in total. The van der Waals surface area contributed by atoms with Crippen LogP contribution in [0.2, 0.25) is 0 Å². The molecule has 0 aliphatic heterocycles. The first kappa shape index (κ1) is 101. The molecule has 0 aromatic heterocycles. The minimum Gasteiger partial charge on any atom is -0.478 e. The number of hydrogen-bond donors (Lipinski definition) is 8. The van der Waals surface area contributed by atoms with Crippen LogP contribution in [0.1, 0.15) is 215 Å². The van der Waals surface area contributed by atoms with Gasteiger partial charge in [-0.15, -0.1) is 6.42 Å². The molecule has 2 amide bonds. The van der Waals surface area contributed by atoms with Gasteiger partial charge in [-0.25, -0.2) is 50.7 Å². The lowest BCUT2D eigenvalue weighted by atomic mass is 9.96. The van der Waals surface area contributed by atoms with Crippen LogP contribution in [0, 0.1) is 64.1 Å². The summed E-state index contributed by atoms with van der Waals surface area (Å²) < 4.78 is 97.5. The van der Waals surface area contributed by atoms with E-state index in [0.29, 0.717) is 11.1 Å². The van der Waals surface area contributed by atoms with E-state index in [-0.39, 0.29) is 166 Å². The molecule has 0 fully saturated rings. The van der Waals surface area contributed by atoms with Gasteiger partial charge in [0.2, 0.25) is 0 Å². The Balaban J connectivity index is 0.000000217. The second-order valence-electron chi connectivity index (χ2n) is 27.4. The van der Waals surface area contributed by atoms with E-state index in [0.717, 1.165) is 24.3 Å².